The first-order valence-electron chi connectivity index (χ1n) is 7.78. The van der Waals surface area contributed by atoms with Crippen LogP contribution in [0.1, 0.15) is 26.3 Å². The fraction of sp³-hybridized carbons (Fsp3) is 0.353. The Morgan fingerprint density at radius 2 is 2.08 bits per heavy atom. The first kappa shape index (κ1) is 18.9. The first-order valence-corrected chi connectivity index (χ1v) is 7.78. The molecule has 1 aliphatic heterocycles. The van der Waals surface area contributed by atoms with Crippen molar-refractivity contribution in [2.75, 3.05) is 11.9 Å². The minimum absolute atomic E-state index is 0.369. The van der Waals surface area contributed by atoms with Gasteiger partial charge in [-0.05, 0) is 39.0 Å². The van der Waals surface area contributed by atoms with E-state index in [-0.39, 0.29) is 0 Å². The third-order valence-electron chi connectivity index (χ3n) is 3.67. The molecule has 1 fully saturated rings. The number of carbonyl (C=O) groups excluding carboxylic acids is 4. The van der Waals surface area contributed by atoms with Gasteiger partial charge < -0.3 is 15.4 Å². The van der Waals surface area contributed by atoms with Crippen LogP contribution in [-0.2, 0) is 19.1 Å². The molecule has 26 heavy (non-hydrogen) atoms. The van der Waals surface area contributed by atoms with Crippen molar-refractivity contribution in [3.63, 3.8) is 0 Å². The molecule has 4 amide bonds. The van der Waals surface area contributed by atoms with Gasteiger partial charge in [-0.15, -0.1) is 0 Å². The number of anilines is 1. The number of nitrogens with zero attached hydrogens (tertiary/aromatic N) is 2. The summed E-state index contributed by atoms with van der Waals surface area (Å²) in [5.74, 6) is -2.05. The van der Waals surface area contributed by atoms with Gasteiger partial charge in [-0.3, -0.25) is 19.3 Å². The Morgan fingerprint density at radius 3 is 2.65 bits per heavy atom. The predicted molar refractivity (Wildman–Crippen MR) is 89.7 cm³/mol. The van der Waals surface area contributed by atoms with Crippen LogP contribution < -0.4 is 10.6 Å². The minimum atomic E-state index is -1.15. The molecule has 9 nitrogen and oxygen atoms in total. The standard InChI is InChI=1S/C17H18N4O5/c1-10(14(23)19-12-6-4-5-11(7-12)8-18)26-13(22)9-21-15(24)17(2,3)20-16(21)25/h4-7,10H,9H2,1-3H3,(H,19,23)(H,20,25)/t10-/m1/s1. The van der Waals surface area contributed by atoms with Gasteiger partial charge in [0, 0.05) is 5.69 Å². The lowest BCUT2D eigenvalue weighted by Crippen LogP contribution is -2.42. The van der Waals surface area contributed by atoms with Crippen molar-refractivity contribution >= 4 is 29.5 Å². The predicted octanol–water partition coefficient (Wildman–Crippen LogP) is 0.759. The fourth-order valence-corrected chi connectivity index (χ4v) is 2.29. The molecule has 0 spiro atoms. The van der Waals surface area contributed by atoms with Gasteiger partial charge >= 0.3 is 12.0 Å². The number of carbonyl (C=O) groups is 4. The average Bonchev–Trinajstić information content (AvgIpc) is 2.76. The average molecular weight is 358 g/mol. The highest BCUT2D eigenvalue weighted by molar-refractivity contribution is 6.08. The molecule has 1 heterocycles. The third kappa shape index (κ3) is 4.16. The van der Waals surface area contributed by atoms with Gasteiger partial charge in [0.1, 0.15) is 12.1 Å². The molecule has 1 aromatic carbocycles. The van der Waals surface area contributed by atoms with E-state index >= 15 is 0 Å². The molecule has 0 bridgehead atoms. The third-order valence-corrected chi connectivity index (χ3v) is 3.67. The van der Waals surface area contributed by atoms with Crippen molar-refractivity contribution in [2.24, 2.45) is 0 Å². The number of ether oxygens (including phenoxy) is 1. The number of hydrogen-bond donors (Lipinski definition) is 2. The van der Waals surface area contributed by atoms with Crippen molar-refractivity contribution in [2.45, 2.75) is 32.4 Å². The van der Waals surface area contributed by atoms with Crippen LogP contribution in [0.4, 0.5) is 10.5 Å². The van der Waals surface area contributed by atoms with E-state index in [2.05, 4.69) is 10.6 Å². The van der Waals surface area contributed by atoms with E-state index in [1.165, 1.54) is 26.8 Å². The summed E-state index contributed by atoms with van der Waals surface area (Å²) >= 11 is 0. The number of rotatable bonds is 5. The largest absolute Gasteiger partial charge is 0.451 e. The van der Waals surface area contributed by atoms with Crippen molar-refractivity contribution in [3.05, 3.63) is 29.8 Å². The quantitative estimate of drug-likeness (QED) is 0.590. The minimum Gasteiger partial charge on any atom is -0.451 e. The summed E-state index contributed by atoms with van der Waals surface area (Å²) in [6.07, 6.45) is -1.15. The van der Waals surface area contributed by atoms with Gasteiger partial charge in [0.25, 0.3) is 11.8 Å². The van der Waals surface area contributed by atoms with Gasteiger partial charge in [-0.1, -0.05) is 6.07 Å². The summed E-state index contributed by atoms with van der Waals surface area (Å²) in [5, 5.41) is 13.8. The number of amides is 4. The lowest BCUT2D eigenvalue weighted by molar-refractivity contribution is -0.155. The van der Waals surface area contributed by atoms with Gasteiger partial charge in [-0.2, -0.15) is 5.26 Å². The van der Waals surface area contributed by atoms with Gasteiger partial charge in [0.15, 0.2) is 6.10 Å². The Labute approximate surface area is 149 Å². The highest BCUT2D eigenvalue weighted by Gasteiger charge is 2.45. The summed E-state index contributed by atoms with van der Waals surface area (Å²) in [6, 6.07) is 7.50. The zero-order valence-corrected chi connectivity index (χ0v) is 14.5. The van der Waals surface area contributed by atoms with Crippen LogP contribution in [0.3, 0.4) is 0 Å². The van der Waals surface area contributed by atoms with Crippen LogP contribution in [0, 0.1) is 11.3 Å². The Kier molecular flexibility index (Phi) is 5.26. The molecule has 0 saturated carbocycles. The molecule has 2 N–H and O–H groups in total. The van der Waals surface area contributed by atoms with Gasteiger partial charge in [0.05, 0.1) is 11.6 Å². The number of benzene rings is 1. The van der Waals surface area contributed by atoms with Crippen molar-refractivity contribution in [1.29, 1.82) is 5.26 Å². The molecule has 136 valence electrons. The van der Waals surface area contributed by atoms with Crippen LogP contribution in [0.25, 0.3) is 0 Å². The van der Waals surface area contributed by atoms with Crippen LogP contribution in [0.15, 0.2) is 24.3 Å². The second-order valence-corrected chi connectivity index (χ2v) is 6.26. The number of nitriles is 1. The Hall–Kier alpha value is -3.41. The van der Waals surface area contributed by atoms with Crippen LogP contribution >= 0.6 is 0 Å². The summed E-state index contributed by atoms with van der Waals surface area (Å²) in [6.45, 7) is 3.81. The molecule has 1 aliphatic rings. The van der Waals surface area contributed by atoms with E-state index in [0.29, 0.717) is 11.3 Å². The SMILES string of the molecule is C[C@@H](OC(=O)CN1C(=O)NC(C)(C)C1=O)C(=O)Nc1cccc(C#N)c1. The van der Waals surface area contributed by atoms with Crippen molar-refractivity contribution in [3.8, 4) is 6.07 Å². The second-order valence-electron chi connectivity index (χ2n) is 6.26. The zero-order chi connectivity index (χ0) is 19.5. The Bertz CT molecular complexity index is 812. The molecule has 1 atom stereocenters. The molecule has 1 aromatic rings. The Balaban J connectivity index is 1.92. The van der Waals surface area contributed by atoms with Crippen LogP contribution in [0.5, 0.6) is 0 Å². The molecule has 9 heteroatoms. The number of imide groups is 1. The van der Waals surface area contributed by atoms with E-state index in [0.717, 1.165) is 4.90 Å². The molecular weight excluding hydrogens is 340 g/mol. The molecular formula is C17H18N4O5. The molecule has 2 rings (SSSR count). The zero-order valence-electron chi connectivity index (χ0n) is 14.5. The normalized spacial score (nSPS) is 16.5. The van der Waals surface area contributed by atoms with Crippen molar-refractivity contribution in [1.82, 2.24) is 10.2 Å². The molecule has 0 unspecified atom stereocenters. The highest BCUT2D eigenvalue weighted by atomic mass is 16.5. The number of hydrogen-bond acceptors (Lipinski definition) is 6. The van der Waals surface area contributed by atoms with E-state index in [4.69, 9.17) is 10.00 Å². The molecule has 1 saturated heterocycles. The van der Waals surface area contributed by atoms with Crippen LogP contribution in [0.2, 0.25) is 0 Å². The molecule has 0 aromatic heterocycles. The topological polar surface area (TPSA) is 129 Å². The Morgan fingerprint density at radius 1 is 1.38 bits per heavy atom. The second kappa shape index (κ2) is 7.23. The summed E-state index contributed by atoms with van der Waals surface area (Å²) in [4.78, 5) is 48.5. The molecule has 0 radical (unpaired) electrons. The van der Waals surface area contributed by atoms with Gasteiger partial charge in [0.2, 0.25) is 0 Å². The fourth-order valence-electron chi connectivity index (χ4n) is 2.29. The monoisotopic (exact) mass is 358 g/mol. The summed E-state index contributed by atoms with van der Waals surface area (Å²) in [5.41, 5.74) is -0.340. The van der Waals surface area contributed by atoms with Crippen LogP contribution in [-0.4, -0.2) is 46.9 Å². The first-order chi connectivity index (χ1) is 12.1. The van der Waals surface area contributed by atoms with Crippen molar-refractivity contribution < 1.29 is 23.9 Å². The van der Waals surface area contributed by atoms with E-state index < -0.39 is 42.0 Å². The lowest BCUT2D eigenvalue weighted by Gasteiger charge is -2.17. The maximum atomic E-state index is 12.1. The lowest BCUT2D eigenvalue weighted by atomic mass is 10.1. The number of nitrogens with one attached hydrogen (secondary N) is 2. The smallest absolute Gasteiger partial charge is 0.327 e. The maximum Gasteiger partial charge on any atom is 0.327 e. The summed E-state index contributed by atoms with van der Waals surface area (Å²) in [7, 11) is 0. The highest BCUT2D eigenvalue weighted by Crippen LogP contribution is 2.16. The number of esters is 1. The van der Waals surface area contributed by atoms with E-state index in [1.807, 2.05) is 6.07 Å². The molecule has 0 aliphatic carbocycles. The van der Waals surface area contributed by atoms with Gasteiger partial charge in [-0.25, -0.2) is 4.79 Å². The number of urea groups is 1. The maximum absolute atomic E-state index is 12.1. The summed E-state index contributed by atoms with van der Waals surface area (Å²) < 4.78 is 4.98. The van der Waals surface area contributed by atoms with E-state index in [1.54, 1.807) is 18.2 Å². The van der Waals surface area contributed by atoms with E-state index in [9.17, 15) is 19.2 Å².